The van der Waals surface area contributed by atoms with E-state index in [-0.39, 0.29) is 5.37 Å². The number of hydrogen-bond acceptors (Lipinski definition) is 5. The van der Waals surface area contributed by atoms with Crippen molar-refractivity contribution < 1.29 is 9.47 Å². The fourth-order valence-electron chi connectivity index (χ4n) is 6.55. The van der Waals surface area contributed by atoms with Gasteiger partial charge in [0, 0.05) is 35.8 Å². The molecule has 4 nitrogen and oxygen atoms in total. The fourth-order valence-corrected chi connectivity index (χ4v) is 7.99. The van der Waals surface area contributed by atoms with Crippen LogP contribution in [0.1, 0.15) is 54.9 Å². The van der Waals surface area contributed by atoms with Crippen LogP contribution in [0.25, 0.3) is 5.57 Å². The zero-order chi connectivity index (χ0) is 30.1. The molecule has 3 aromatic rings. The van der Waals surface area contributed by atoms with Gasteiger partial charge in [0.05, 0.1) is 31.0 Å². The zero-order valence-corrected chi connectivity index (χ0v) is 27.0. The van der Waals surface area contributed by atoms with Crippen molar-refractivity contribution >= 4 is 28.7 Å². The van der Waals surface area contributed by atoms with E-state index in [1.165, 1.54) is 44.0 Å². The molecule has 2 heterocycles. The molecule has 0 spiro atoms. The van der Waals surface area contributed by atoms with Crippen molar-refractivity contribution in [2.24, 2.45) is 0 Å². The van der Waals surface area contributed by atoms with Gasteiger partial charge < -0.3 is 19.3 Å². The lowest BCUT2D eigenvalue weighted by atomic mass is 9.80. The Kier molecular flexibility index (Phi) is 8.45. The number of benzene rings is 3. The molecule has 0 bridgehead atoms. The summed E-state index contributed by atoms with van der Waals surface area (Å²) in [6.07, 6.45) is 13.8. The van der Waals surface area contributed by atoms with E-state index in [2.05, 4.69) is 117 Å². The van der Waals surface area contributed by atoms with E-state index in [0.29, 0.717) is 5.92 Å². The Balaban J connectivity index is 1.42. The molecular formula is C38H42N2O2S. The van der Waals surface area contributed by atoms with E-state index in [4.69, 9.17) is 9.47 Å². The van der Waals surface area contributed by atoms with Crippen molar-refractivity contribution in [2.45, 2.75) is 56.7 Å². The molecule has 2 atom stereocenters. The first-order valence-electron chi connectivity index (χ1n) is 15.4. The maximum absolute atomic E-state index is 5.84. The number of thioether (sulfide) groups is 1. The molecule has 2 unspecified atom stereocenters. The van der Waals surface area contributed by atoms with Gasteiger partial charge in [-0.25, -0.2) is 0 Å². The molecule has 0 saturated heterocycles. The molecule has 3 aliphatic rings. The average Bonchev–Trinajstić information content (AvgIpc) is 3.36. The standard InChI is InChI=1S/C38H42N2O2S/c1-7-39-15-14-30(33-23-32(41-5)24-35(42-6)38(33)39)19-27-18-28(21-31(20-27)29-12-10-9-11-13-29)22-37-40(8-2)34-16-25(3)26(4)17-36(34)43-37/h9-19,22-24,31,37H,7-8,20-21H2,1-6H3. The van der Waals surface area contributed by atoms with Crippen molar-refractivity contribution in [3.63, 3.8) is 0 Å². The minimum absolute atomic E-state index is 0.290. The minimum Gasteiger partial charge on any atom is -0.497 e. The van der Waals surface area contributed by atoms with E-state index < -0.39 is 0 Å². The summed E-state index contributed by atoms with van der Waals surface area (Å²) in [5, 5.41) is 0.290. The van der Waals surface area contributed by atoms with Crippen molar-refractivity contribution in [1.82, 2.24) is 0 Å². The number of hydrogen-bond donors (Lipinski definition) is 0. The number of methoxy groups -OCH3 is 2. The van der Waals surface area contributed by atoms with Crippen LogP contribution < -0.4 is 19.3 Å². The van der Waals surface area contributed by atoms with Crippen molar-refractivity contribution in [3.05, 3.63) is 119 Å². The van der Waals surface area contributed by atoms with Crippen LogP contribution in [-0.2, 0) is 0 Å². The second-order valence-corrected chi connectivity index (χ2v) is 12.8. The monoisotopic (exact) mass is 590 g/mol. The Morgan fingerprint density at radius 2 is 1.72 bits per heavy atom. The van der Waals surface area contributed by atoms with Gasteiger partial charge in [0.15, 0.2) is 0 Å². The molecule has 3 aromatic carbocycles. The summed E-state index contributed by atoms with van der Waals surface area (Å²) in [7, 11) is 3.45. The van der Waals surface area contributed by atoms with Gasteiger partial charge in [-0.05, 0) is 110 Å². The third kappa shape index (κ3) is 5.75. The number of fused-ring (bicyclic) bond motifs is 2. The Morgan fingerprint density at radius 1 is 0.930 bits per heavy atom. The third-order valence-corrected chi connectivity index (χ3v) is 10.2. The summed E-state index contributed by atoms with van der Waals surface area (Å²) < 4.78 is 11.5. The summed E-state index contributed by atoms with van der Waals surface area (Å²) in [6, 6.07) is 19.9. The summed E-state index contributed by atoms with van der Waals surface area (Å²) in [5.41, 5.74) is 11.7. The summed E-state index contributed by atoms with van der Waals surface area (Å²) in [5.74, 6) is 2.06. The van der Waals surface area contributed by atoms with Gasteiger partial charge in [-0.15, -0.1) is 0 Å². The molecule has 2 aliphatic heterocycles. The van der Waals surface area contributed by atoms with Crippen LogP contribution in [0.2, 0.25) is 0 Å². The topological polar surface area (TPSA) is 24.9 Å². The number of likely N-dealkylation sites (N-methyl/N-ethyl adjacent to an activating group) is 1. The predicted molar refractivity (Wildman–Crippen MR) is 183 cm³/mol. The van der Waals surface area contributed by atoms with E-state index in [9.17, 15) is 0 Å². The second-order valence-electron chi connectivity index (χ2n) is 11.6. The first kappa shape index (κ1) is 29.3. The van der Waals surface area contributed by atoms with Crippen LogP contribution in [0, 0.1) is 13.8 Å². The van der Waals surface area contributed by atoms with Crippen molar-refractivity contribution in [2.75, 3.05) is 37.1 Å². The Labute approximate surface area is 261 Å². The van der Waals surface area contributed by atoms with Gasteiger partial charge >= 0.3 is 0 Å². The highest BCUT2D eigenvalue weighted by Crippen LogP contribution is 2.47. The van der Waals surface area contributed by atoms with Gasteiger partial charge in [0.2, 0.25) is 0 Å². The minimum atomic E-state index is 0.290. The van der Waals surface area contributed by atoms with Crippen LogP contribution in [0.15, 0.2) is 101 Å². The van der Waals surface area contributed by atoms with Gasteiger partial charge in [-0.1, -0.05) is 54.2 Å². The molecule has 5 heteroatoms. The van der Waals surface area contributed by atoms with Gasteiger partial charge in [0.1, 0.15) is 11.5 Å². The number of nitrogens with zero attached hydrogens (tertiary/aromatic N) is 2. The number of ether oxygens (including phenoxy) is 2. The van der Waals surface area contributed by atoms with E-state index in [0.717, 1.165) is 48.7 Å². The molecule has 43 heavy (non-hydrogen) atoms. The lowest BCUT2D eigenvalue weighted by molar-refractivity contribution is 0.394. The van der Waals surface area contributed by atoms with Crippen LogP contribution >= 0.6 is 11.8 Å². The SMILES string of the molecule is CCN1C=CC(=CC2=CC(=CC3Sc4cc(C)c(C)cc4N3CC)CC(c3ccccc3)C2)c2cc(OC)cc(OC)c21. The molecule has 1 aliphatic carbocycles. The second kappa shape index (κ2) is 12.4. The lowest BCUT2D eigenvalue weighted by Crippen LogP contribution is -2.27. The quantitative estimate of drug-likeness (QED) is 0.273. The zero-order valence-electron chi connectivity index (χ0n) is 26.2. The number of rotatable bonds is 7. The highest BCUT2D eigenvalue weighted by Gasteiger charge is 2.30. The Morgan fingerprint density at radius 3 is 2.44 bits per heavy atom. The Bertz CT molecular complexity index is 1640. The van der Waals surface area contributed by atoms with Crippen molar-refractivity contribution in [3.8, 4) is 11.5 Å². The highest BCUT2D eigenvalue weighted by atomic mass is 32.2. The van der Waals surface area contributed by atoms with E-state index in [1.54, 1.807) is 14.2 Å². The highest BCUT2D eigenvalue weighted by molar-refractivity contribution is 8.00. The first-order chi connectivity index (χ1) is 20.9. The molecule has 6 rings (SSSR count). The van der Waals surface area contributed by atoms with Crippen LogP contribution in [0.4, 0.5) is 11.4 Å². The van der Waals surface area contributed by atoms with Crippen LogP contribution in [0.3, 0.4) is 0 Å². The molecule has 0 amide bonds. The smallest absolute Gasteiger partial charge is 0.146 e. The van der Waals surface area contributed by atoms with Crippen LogP contribution in [-0.4, -0.2) is 32.7 Å². The molecule has 0 saturated carbocycles. The molecule has 0 aromatic heterocycles. The fraction of sp³-hybridized carbons (Fsp3) is 0.316. The number of allylic oxidation sites excluding steroid dienone is 6. The number of anilines is 2. The van der Waals surface area contributed by atoms with E-state index in [1.807, 2.05) is 17.8 Å². The van der Waals surface area contributed by atoms with Crippen LogP contribution in [0.5, 0.6) is 11.5 Å². The maximum atomic E-state index is 5.84. The normalized spacial score (nSPS) is 21.2. The third-order valence-electron chi connectivity index (χ3n) is 8.96. The largest absolute Gasteiger partial charge is 0.497 e. The number of aryl methyl sites for hydroxylation is 2. The predicted octanol–water partition coefficient (Wildman–Crippen LogP) is 9.45. The summed E-state index contributed by atoms with van der Waals surface area (Å²) in [6.45, 7) is 10.7. The Hall–Kier alpha value is -3.83. The first-order valence-corrected chi connectivity index (χ1v) is 16.2. The maximum Gasteiger partial charge on any atom is 0.146 e. The summed E-state index contributed by atoms with van der Waals surface area (Å²) in [4.78, 5) is 6.19. The lowest BCUT2D eigenvalue weighted by Gasteiger charge is -2.30. The average molecular weight is 591 g/mol. The van der Waals surface area contributed by atoms with E-state index >= 15 is 0 Å². The van der Waals surface area contributed by atoms with Gasteiger partial charge in [-0.3, -0.25) is 0 Å². The van der Waals surface area contributed by atoms with Gasteiger partial charge in [-0.2, -0.15) is 0 Å². The molecule has 222 valence electrons. The molecule has 0 fully saturated rings. The molecule has 0 radical (unpaired) electrons. The molecule has 0 N–H and O–H groups in total. The van der Waals surface area contributed by atoms with Gasteiger partial charge in [0.25, 0.3) is 0 Å². The molecular weight excluding hydrogens is 548 g/mol. The summed E-state index contributed by atoms with van der Waals surface area (Å²) >= 11 is 1.98. The van der Waals surface area contributed by atoms with Crippen molar-refractivity contribution in [1.29, 1.82) is 0 Å².